The van der Waals surface area contributed by atoms with Crippen molar-refractivity contribution in [2.75, 3.05) is 26.4 Å². The maximum atomic E-state index is 13.4. The molecule has 1 amide bonds. The SMILES string of the molecule is CCCCCCCCCCCCCC/C=C/CC/C=C/CC/C=C/C(O)C(COC1OC(CO)C(OC2OC(CO)C(OC3OC(CO)C(O)C(O)C3O)C(O)C2O)C(O)C1O)NC(=O)CCCCCCCCCCCCCCCCCCCCCCC. The Morgan fingerprint density at radius 3 is 1.14 bits per heavy atom. The van der Waals surface area contributed by atoms with Crippen molar-refractivity contribution in [1.29, 1.82) is 0 Å². The molecule has 0 aliphatic carbocycles. The van der Waals surface area contributed by atoms with Crippen molar-refractivity contribution < 1.29 is 89.4 Å². The lowest BCUT2D eigenvalue weighted by atomic mass is 9.96. The average Bonchev–Trinajstić information content (AvgIpc) is 3.71. The molecule has 3 fully saturated rings. The van der Waals surface area contributed by atoms with Gasteiger partial charge in [0.1, 0.15) is 73.2 Å². The molecule has 12 N–H and O–H groups in total. The molecule has 3 saturated heterocycles. The second-order valence-corrected chi connectivity index (χ2v) is 25.3. The molecule has 0 bridgehead atoms. The summed E-state index contributed by atoms with van der Waals surface area (Å²) in [6.45, 7) is 1.74. The van der Waals surface area contributed by atoms with Gasteiger partial charge in [-0.05, 0) is 44.9 Å². The number of aliphatic hydroxyl groups is 11. The quantitative estimate of drug-likeness (QED) is 0.0199. The standard InChI is InChI=1S/C69H127NO18/c1-3-5-7-9-11-13-15-17-19-21-23-25-27-28-30-32-34-36-38-40-42-44-46-53(74)52(70-57(75)47-45-43-41-39-37-35-33-31-29-26-24-22-20-18-16-14-12-10-8-6-4-2)51-83-67-63(81)60(78)65(55(49-72)85-67)88-69-64(82)61(79)66(56(50-73)86-69)87-68-62(80)59(77)58(76)54(48-71)84-68/h28,30,36,38,44,46,52-56,58-69,71-74,76-82H,3-27,29,31-35,37,39-43,45,47-51H2,1-2H3,(H,70,75)/b30-28+,38-36+,46-44+. The van der Waals surface area contributed by atoms with Crippen LogP contribution in [0.2, 0.25) is 0 Å². The van der Waals surface area contributed by atoms with E-state index in [0.29, 0.717) is 12.8 Å². The lowest BCUT2D eigenvalue weighted by molar-refractivity contribution is -0.379. The predicted molar refractivity (Wildman–Crippen MR) is 342 cm³/mol. The van der Waals surface area contributed by atoms with Crippen LogP contribution in [0.25, 0.3) is 0 Å². The van der Waals surface area contributed by atoms with Crippen molar-refractivity contribution >= 4 is 5.91 Å². The number of aliphatic hydroxyl groups excluding tert-OH is 11. The van der Waals surface area contributed by atoms with E-state index in [1.165, 1.54) is 186 Å². The highest BCUT2D eigenvalue weighted by Gasteiger charge is 2.53. The maximum absolute atomic E-state index is 13.4. The zero-order valence-corrected chi connectivity index (χ0v) is 54.5. The molecule has 3 heterocycles. The molecular weight excluding hydrogens is 1130 g/mol. The molecule has 0 spiro atoms. The second kappa shape index (κ2) is 51.4. The molecule has 17 atom stereocenters. The van der Waals surface area contributed by atoms with E-state index in [1.54, 1.807) is 6.08 Å². The fourth-order valence-corrected chi connectivity index (χ4v) is 11.9. The minimum Gasteiger partial charge on any atom is -0.394 e. The van der Waals surface area contributed by atoms with Gasteiger partial charge in [0.2, 0.25) is 5.91 Å². The number of nitrogens with one attached hydrogen (secondary N) is 1. The average molecular weight is 1260 g/mol. The molecule has 0 aromatic rings. The van der Waals surface area contributed by atoms with E-state index in [-0.39, 0.29) is 18.9 Å². The van der Waals surface area contributed by atoms with Crippen molar-refractivity contribution in [3.63, 3.8) is 0 Å². The van der Waals surface area contributed by atoms with Gasteiger partial charge in [0.05, 0.1) is 38.6 Å². The van der Waals surface area contributed by atoms with Crippen LogP contribution in [0.5, 0.6) is 0 Å². The third-order valence-electron chi connectivity index (χ3n) is 17.7. The molecule has 3 aliphatic rings. The van der Waals surface area contributed by atoms with Gasteiger partial charge in [-0.15, -0.1) is 0 Å². The van der Waals surface area contributed by atoms with Crippen molar-refractivity contribution in [3.8, 4) is 0 Å². The first-order valence-electron chi connectivity index (χ1n) is 35.2. The molecular formula is C69H127NO18. The molecule has 516 valence electrons. The molecule has 19 heteroatoms. The van der Waals surface area contributed by atoms with Crippen LogP contribution in [0.1, 0.15) is 264 Å². The molecule has 0 saturated carbocycles. The number of ether oxygens (including phenoxy) is 6. The van der Waals surface area contributed by atoms with Gasteiger partial charge in [0.15, 0.2) is 18.9 Å². The van der Waals surface area contributed by atoms with Gasteiger partial charge in [-0.25, -0.2) is 0 Å². The summed E-state index contributed by atoms with van der Waals surface area (Å²) in [6.07, 6.45) is 32.6. The molecule has 19 nitrogen and oxygen atoms in total. The highest BCUT2D eigenvalue weighted by atomic mass is 16.8. The lowest BCUT2D eigenvalue weighted by Gasteiger charge is -2.48. The molecule has 0 aromatic carbocycles. The molecule has 88 heavy (non-hydrogen) atoms. The Labute approximate surface area is 530 Å². The van der Waals surface area contributed by atoms with Crippen LogP contribution in [0.4, 0.5) is 0 Å². The van der Waals surface area contributed by atoms with Crippen molar-refractivity contribution in [2.45, 2.75) is 369 Å². The largest absolute Gasteiger partial charge is 0.394 e. The number of hydrogen-bond donors (Lipinski definition) is 12. The van der Waals surface area contributed by atoms with Crippen LogP contribution >= 0.6 is 0 Å². The van der Waals surface area contributed by atoms with Crippen LogP contribution in [0.15, 0.2) is 36.5 Å². The summed E-state index contributed by atoms with van der Waals surface area (Å²) in [5, 5.41) is 120. The summed E-state index contributed by atoms with van der Waals surface area (Å²) >= 11 is 0. The number of unbranched alkanes of at least 4 members (excludes halogenated alkanes) is 34. The topological polar surface area (TPSA) is 307 Å². The maximum Gasteiger partial charge on any atom is 0.220 e. The third kappa shape index (κ3) is 33.2. The first-order valence-corrected chi connectivity index (χ1v) is 35.2. The Morgan fingerprint density at radius 2 is 0.727 bits per heavy atom. The highest BCUT2D eigenvalue weighted by Crippen LogP contribution is 2.33. The fraction of sp³-hybridized carbons (Fsp3) is 0.899. The van der Waals surface area contributed by atoms with Crippen molar-refractivity contribution in [1.82, 2.24) is 5.32 Å². The van der Waals surface area contributed by atoms with Gasteiger partial charge < -0.3 is 89.9 Å². The van der Waals surface area contributed by atoms with Crippen molar-refractivity contribution in [3.05, 3.63) is 36.5 Å². The Balaban J connectivity index is 1.46. The Bertz CT molecular complexity index is 1740. The normalized spacial score (nSPS) is 28.6. The summed E-state index contributed by atoms with van der Waals surface area (Å²) in [4.78, 5) is 13.4. The zero-order chi connectivity index (χ0) is 64.0. The van der Waals surface area contributed by atoms with Crippen molar-refractivity contribution in [2.24, 2.45) is 0 Å². The first-order chi connectivity index (χ1) is 42.8. The first kappa shape index (κ1) is 80.2. The number of carbonyl (C=O) groups excluding carboxylic acids is 1. The van der Waals surface area contributed by atoms with E-state index in [4.69, 9.17) is 28.4 Å². The van der Waals surface area contributed by atoms with E-state index in [2.05, 4.69) is 43.5 Å². The van der Waals surface area contributed by atoms with Crippen LogP contribution in [0.3, 0.4) is 0 Å². The van der Waals surface area contributed by atoms with Gasteiger partial charge in [-0.1, -0.05) is 249 Å². The monoisotopic (exact) mass is 1260 g/mol. The summed E-state index contributed by atoms with van der Waals surface area (Å²) < 4.78 is 34.3. The molecule has 3 aliphatic heterocycles. The number of carbonyl (C=O) groups is 1. The fourth-order valence-electron chi connectivity index (χ4n) is 11.9. The van der Waals surface area contributed by atoms with Crippen LogP contribution < -0.4 is 5.32 Å². The van der Waals surface area contributed by atoms with Gasteiger partial charge in [-0.3, -0.25) is 4.79 Å². The van der Waals surface area contributed by atoms with E-state index in [0.717, 1.165) is 44.9 Å². The Hall–Kier alpha value is -1.99. The number of rotatable bonds is 54. The molecule has 0 aromatic heterocycles. The molecule has 0 radical (unpaired) electrons. The summed E-state index contributed by atoms with van der Waals surface area (Å²) in [5.41, 5.74) is 0. The van der Waals surface area contributed by atoms with Gasteiger partial charge in [0.25, 0.3) is 0 Å². The van der Waals surface area contributed by atoms with Gasteiger partial charge in [0, 0.05) is 6.42 Å². The van der Waals surface area contributed by atoms with E-state index in [9.17, 15) is 61.0 Å². The van der Waals surface area contributed by atoms with E-state index >= 15 is 0 Å². The van der Waals surface area contributed by atoms with Crippen LogP contribution in [-0.4, -0.2) is 193 Å². The lowest BCUT2D eigenvalue weighted by Crippen LogP contribution is -2.66. The summed E-state index contributed by atoms with van der Waals surface area (Å²) in [6, 6.07) is -0.994. The number of hydrogen-bond acceptors (Lipinski definition) is 18. The summed E-state index contributed by atoms with van der Waals surface area (Å²) in [5.74, 6) is -0.285. The predicted octanol–water partition coefficient (Wildman–Crippen LogP) is 9.22. The minimum absolute atomic E-state index is 0.236. The number of amides is 1. The van der Waals surface area contributed by atoms with Crippen LogP contribution in [0, 0.1) is 0 Å². The Kier molecular flexibility index (Phi) is 46.9. The van der Waals surface area contributed by atoms with Gasteiger partial charge >= 0.3 is 0 Å². The molecule has 3 rings (SSSR count). The smallest absolute Gasteiger partial charge is 0.220 e. The van der Waals surface area contributed by atoms with Gasteiger partial charge in [-0.2, -0.15) is 0 Å². The summed E-state index contributed by atoms with van der Waals surface area (Å²) in [7, 11) is 0. The minimum atomic E-state index is -1.98. The van der Waals surface area contributed by atoms with E-state index < -0.39 is 124 Å². The third-order valence-corrected chi connectivity index (χ3v) is 17.7. The van der Waals surface area contributed by atoms with Crippen LogP contribution in [-0.2, 0) is 33.2 Å². The highest BCUT2D eigenvalue weighted by molar-refractivity contribution is 5.76. The number of allylic oxidation sites excluding steroid dienone is 5. The Morgan fingerprint density at radius 1 is 0.398 bits per heavy atom. The molecule has 17 unspecified atom stereocenters. The zero-order valence-electron chi connectivity index (χ0n) is 54.5. The van der Waals surface area contributed by atoms with E-state index in [1.807, 2.05) is 6.08 Å². The second-order valence-electron chi connectivity index (χ2n) is 25.3.